The Morgan fingerprint density at radius 2 is 0.854 bits per heavy atom. The van der Waals surface area contributed by atoms with E-state index in [1.165, 1.54) is 0 Å². The van der Waals surface area contributed by atoms with Gasteiger partial charge < -0.3 is 9.64 Å². The van der Waals surface area contributed by atoms with E-state index < -0.39 is 17.9 Å². The fourth-order valence-electron chi connectivity index (χ4n) is 4.96. The molecule has 3 amide bonds. The van der Waals surface area contributed by atoms with E-state index in [0.29, 0.717) is 19.3 Å². The molecule has 0 aromatic rings. The van der Waals surface area contributed by atoms with E-state index in [4.69, 9.17) is 4.74 Å². The number of amides is 3. The van der Waals surface area contributed by atoms with Crippen LogP contribution >= 0.6 is 0 Å². The van der Waals surface area contributed by atoms with E-state index in [-0.39, 0.29) is 19.4 Å². The van der Waals surface area contributed by atoms with E-state index in [2.05, 4.69) is 86.8 Å². The van der Waals surface area contributed by atoms with Crippen LogP contribution in [-0.4, -0.2) is 55.0 Å². The monoisotopic (exact) mass is 667 g/mol. The van der Waals surface area contributed by atoms with Crippen molar-refractivity contribution in [1.29, 1.82) is 0 Å². The van der Waals surface area contributed by atoms with Crippen molar-refractivity contribution in [3.8, 4) is 0 Å². The van der Waals surface area contributed by atoms with Crippen molar-refractivity contribution in [3.05, 3.63) is 72.9 Å². The molecular weight excluding hydrogens is 596 g/mol. The Balaban J connectivity index is 4.37. The first kappa shape index (κ1) is 45.0. The van der Waals surface area contributed by atoms with Crippen molar-refractivity contribution in [1.82, 2.24) is 9.80 Å². The molecular formula is C42H70N2O4. The molecule has 6 nitrogen and oxygen atoms in total. The van der Waals surface area contributed by atoms with Crippen LogP contribution in [0.15, 0.2) is 72.9 Å². The van der Waals surface area contributed by atoms with E-state index >= 15 is 0 Å². The zero-order valence-corrected chi connectivity index (χ0v) is 31.2. The summed E-state index contributed by atoms with van der Waals surface area (Å²) in [5.74, 6) is -0.865. The molecule has 272 valence electrons. The van der Waals surface area contributed by atoms with Crippen LogP contribution in [0.2, 0.25) is 0 Å². The molecule has 0 aromatic carbocycles. The van der Waals surface area contributed by atoms with Gasteiger partial charge in [-0.1, -0.05) is 125 Å². The fourth-order valence-corrected chi connectivity index (χ4v) is 4.96. The Hall–Kier alpha value is -2.99. The molecule has 0 N–H and O–H groups in total. The van der Waals surface area contributed by atoms with Gasteiger partial charge in [-0.15, -0.1) is 0 Å². The van der Waals surface area contributed by atoms with Crippen molar-refractivity contribution < 1.29 is 19.1 Å². The summed E-state index contributed by atoms with van der Waals surface area (Å²) in [4.78, 5) is 41.7. The van der Waals surface area contributed by atoms with Crippen LogP contribution < -0.4 is 0 Å². The smallest absolute Gasteiger partial charge is 0.423 e. The summed E-state index contributed by atoms with van der Waals surface area (Å²) >= 11 is 0. The summed E-state index contributed by atoms with van der Waals surface area (Å²) in [6.07, 6.45) is 44.7. The number of allylic oxidation sites excluding steroid dienone is 12. The highest BCUT2D eigenvalue weighted by molar-refractivity contribution is 6.08. The van der Waals surface area contributed by atoms with Gasteiger partial charge in [0.15, 0.2) is 0 Å². The summed E-state index contributed by atoms with van der Waals surface area (Å²) in [5.41, 5.74) is 0. The van der Waals surface area contributed by atoms with Crippen LogP contribution in [0.4, 0.5) is 4.79 Å². The molecule has 0 aliphatic rings. The number of ether oxygens (including phenoxy) is 1. The first-order valence-electron chi connectivity index (χ1n) is 19.0. The lowest BCUT2D eigenvalue weighted by atomic mass is 10.1. The van der Waals surface area contributed by atoms with Gasteiger partial charge in [-0.3, -0.25) is 9.59 Å². The van der Waals surface area contributed by atoms with Crippen LogP contribution in [0, 0.1) is 0 Å². The standard InChI is InChI=1S/C42H70N2O4/c1-5-7-9-11-13-15-17-19-21-23-25-27-29-31-33-36-40(45)44(42(47)48-39-35-38-43(3)4)41(46)37-34-32-30-28-26-24-22-20-18-16-14-12-10-8-6-2/h7-10,13-16,19-22H,5-6,11-12,17-18,23-39H2,1-4H3/b9-7-,10-8-,15-13-,16-14-,21-19-,22-20-. The van der Waals surface area contributed by atoms with Crippen LogP contribution in [-0.2, 0) is 14.3 Å². The van der Waals surface area contributed by atoms with Gasteiger partial charge in [0.1, 0.15) is 0 Å². The maximum Gasteiger partial charge on any atom is 0.423 e. The minimum Gasteiger partial charge on any atom is -0.449 e. The molecule has 0 aliphatic heterocycles. The highest BCUT2D eigenvalue weighted by Crippen LogP contribution is 2.14. The summed E-state index contributed by atoms with van der Waals surface area (Å²) in [6, 6.07) is 0. The highest BCUT2D eigenvalue weighted by Gasteiger charge is 2.29. The van der Waals surface area contributed by atoms with E-state index in [9.17, 15) is 14.4 Å². The SMILES string of the molecule is CC/C=C\C/C=C\C/C=C\CCCCCCCC(=O)N(C(=O)CCCCCCC/C=C\C/C=C\C/C=C\CC)C(=O)OCCCN(C)C. The van der Waals surface area contributed by atoms with E-state index in [0.717, 1.165) is 114 Å². The second-order valence-electron chi connectivity index (χ2n) is 12.6. The minimum atomic E-state index is -0.818. The molecule has 0 aromatic heterocycles. The van der Waals surface area contributed by atoms with Gasteiger partial charge in [0.25, 0.3) is 0 Å². The Morgan fingerprint density at radius 3 is 1.27 bits per heavy atom. The topological polar surface area (TPSA) is 66.9 Å². The van der Waals surface area contributed by atoms with Gasteiger partial charge >= 0.3 is 6.09 Å². The second-order valence-corrected chi connectivity index (χ2v) is 12.6. The van der Waals surface area contributed by atoms with Crippen LogP contribution in [0.1, 0.15) is 149 Å². The largest absolute Gasteiger partial charge is 0.449 e. The molecule has 48 heavy (non-hydrogen) atoms. The predicted molar refractivity (Wildman–Crippen MR) is 205 cm³/mol. The Bertz CT molecular complexity index is 910. The van der Waals surface area contributed by atoms with Gasteiger partial charge in [0.05, 0.1) is 6.61 Å². The lowest BCUT2D eigenvalue weighted by Crippen LogP contribution is -2.42. The molecule has 0 radical (unpaired) electrons. The minimum absolute atomic E-state index is 0.191. The lowest BCUT2D eigenvalue weighted by molar-refractivity contribution is -0.142. The van der Waals surface area contributed by atoms with Gasteiger partial charge in [-0.25, -0.2) is 4.79 Å². The third-order valence-electron chi connectivity index (χ3n) is 7.74. The molecule has 6 heteroatoms. The number of rotatable bonds is 30. The number of nitrogens with zero attached hydrogens (tertiary/aromatic N) is 2. The third-order valence-corrected chi connectivity index (χ3v) is 7.74. The maximum absolute atomic E-state index is 13.0. The Labute approximate surface area is 295 Å². The molecule has 0 saturated carbocycles. The molecule has 0 aliphatic carbocycles. The molecule has 0 fully saturated rings. The maximum atomic E-state index is 13.0. The first-order chi connectivity index (χ1) is 23.4. The third kappa shape index (κ3) is 30.4. The molecule has 0 bridgehead atoms. The normalized spacial score (nSPS) is 12.4. The van der Waals surface area contributed by atoms with Gasteiger partial charge in [0.2, 0.25) is 11.8 Å². The number of unbranched alkanes of at least 4 members (excludes halogenated alkanes) is 10. The van der Waals surface area contributed by atoms with Crippen molar-refractivity contribution in [2.45, 2.75) is 149 Å². The zero-order valence-electron chi connectivity index (χ0n) is 31.2. The molecule has 0 unspecified atom stereocenters. The summed E-state index contributed by atoms with van der Waals surface area (Å²) in [5, 5.41) is 0. The molecule has 0 spiro atoms. The zero-order chi connectivity index (χ0) is 35.3. The number of hydrogen-bond acceptors (Lipinski definition) is 5. The van der Waals surface area contributed by atoms with Gasteiger partial charge in [-0.05, 0) is 97.6 Å². The summed E-state index contributed by atoms with van der Waals surface area (Å²) in [6.45, 7) is 5.25. The first-order valence-corrected chi connectivity index (χ1v) is 19.0. The Kier molecular flexibility index (Phi) is 33.1. The highest BCUT2D eigenvalue weighted by atomic mass is 16.6. The molecule has 0 rings (SSSR count). The van der Waals surface area contributed by atoms with Crippen molar-refractivity contribution in [2.24, 2.45) is 0 Å². The van der Waals surface area contributed by atoms with Gasteiger partial charge in [-0.2, -0.15) is 4.90 Å². The molecule has 0 heterocycles. The number of imide groups is 3. The summed E-state index contributed by atoms with van der Waals surface area (Å²) in [7, 11) is 3.91. The van der Waals surface area contributed by atoms with Crippen LogP contribution in [0.5, 0.6) is 0 Å². The van der Waals surface area contributed by atoms with Crippen molar-refractivity contribution in [2.75, 3.05) is 27.2 Å². The number of carbonyl (C=O) groups excluding carboxylic acids is 3. The van der Waals surface area contributed by atoms with Crippen LogP contribution in [0.3, 0.4) is 0 Å². The average Bonchev–Trinajstić information content (AvgIpc) is 3.06. The Morgan fingerprint density at radius 1 is 0.479 bits per heavy atom. The summed E-state index contributed by atoms with van der Waals surface area (Å²) < 4.78 is 5.35. The average molecular weight is 667 g/mol. The van der Waals surface area contributed by atoms with Gasteiger partial charge in [0, 0.05) is 19.4 Å². The van der Waals surface area contributed by atoms with Crippen LogP contribution in [0.25, 0.3) is 0 Å². The molecule has 0 saturated heterocycles. The number of hydrogen-bond donors (Lipinski definition) is 0. The van der Waals surface area contributed by atoms with Crippen molar-refractivity contribution >= 4 is 17.9 Å². The molecule has 0 atom stereocenters. The predicted octanol–water partition coefficient (Wildman–Crippen LogP) is 11.6. The van der Waals surface area contributed by atoms with E-state index in [1.54, 1.807) is 0 Å². The van der Waals surface area contributed by atoms with Crippen molar-refractivity contribution in [3.63, 3.8) is 0 Å². The second kappa shape index (κ2) is 35.3. The number of carbonyl (C=O) groups is 3. The lowest BCUT2D eigenvalue weighted by Gasteiger charge is -2.19. The van der Waals surface area contributed by atoms with E-state index in [1.807, 2.05) is 19.0 Å². The fraction of sp³-hybridized carbons (Fsp3) is 0.643. The quantitative estimate of drug-likeness (QED) is 0.0564.